The summed E-state index contributed by atoms with van der Waals surface area (Å²) in [6.45, 7) is 2.33. The Morgan fingerprint density at radius 3 is 2.14 bits per heavy atom. The second-order valence-electron chi connectivity index (χ2n) is 6.11. The highest BCUT2D eigenvalue weighted by atomic mass is 16.5. The van der Waals surface area contributed by atoms with E-state index < -0.39 is 0 Å². The summed E-state index contributed by atoms with van der Waals surface area (Å²) >= 11 is 0. The van der Waals surface area contributed by atoms with E-state index in [1.807, 2.05) is 25.1 Å². The molecule has 0 spiro atoms. The van der Waals surface area contributed by atoms with Gasteiger partial charge >= 0.3 is 0 Å². The Labute approximate surface area is 169 Å². The molecule has 29 heavy (non-hydrogen) atoms. The van der Waals surface area contributed by atoms with Crippen LogP contribution >= 0.6 is 0 Å². The van der Waals surface area contributed by atoms with Crippen molar-refractivity contribution in [2.45, 2.75) is 6.92 Å². The summed E-state index contributed by atoms with van der Waals surface area (Å²) in [4.78, 5) is 24.9. The van der Waals surface area contributed by atoms with Gasteiger partial charge in [0.25, 0.3) is 11.8 Å². The molecule has 0 aliphatic carbocycles. The predicted molar refractivity (Wildman–Crippen MR) is 113 cm³/mol. The Kier molecular flexibility index (Phi) is 6.84. The number of para-hydroxylation sites is 2. The molecule has 0 saturated carbocycles. The molecule has 0 unspecified atom stereocenters. The van der Waals surface area contributed by atoms with Gasteiger partial charge in [0.05, 0.1) is 17.9 Å². The van der Waals surface area contributed by atoms with Crippen LogP contribution < -0.4 is 20.1 Å². The molecule has 2 amide bonds. The molecule has 148 valence electrons. The van der Waals surface area contributed by atoms with Crippen molar-refractivity contribution in [1.29, 1.82) is 0 Å². The average Bonchev–Trinajstić information content (AvgIpc) is 2.75. The first kappa shape index (κ1) is 19.9. The van der Waals surface area contributed by atoms with Gasteiger partial charge in [-0.2, -0.15) is 0 Å². The lowest BCUT2D eigenvalue weighted by Gasteiger charge is -2.12. The zero-order valence-electron chi connectivity index (χ0n) is 16.1. The molecule has 0 atom stereocenters. The lowest BCUT2D eigenvalue weighted by Crippen LogP contribution is -2.22. The lowest BCUT2D eigenvalue weighted by molar-refractivity contribution is -0.118. The molecule has 0 aliphatic heterocycles. The molecular formula is C23H22N2O4. The van der Waals surface area contributed by atoms with E-state index in [0.717, 1.165) is 5.75 Å². The fourth-order valence-electron chi connectivity index (χ4n) is 2.64. The van der Waals surface area contributed by atoms with Gasteiger partial charge in [-0.1, -0.05) is 30.3 Å². The van der Waals surface area contributed by atoms with Crippen molar-refractivity contribution >= 4 is 23.2 Å². The van der Waals surface area contributed by atoms with Crippen LogP contribution in [0.2, 0.25) is 0 Å². The standard InChI is InChI=1S/C23H22N2O4/c1-2-28-19-14-12-17(13-15-19)24-23(27)20-10-6-7-11-21(20)25-22(26)16-29-18-8-4-3-5-9-18/h3-15H,2,16H2,1H3,(H,24,27)(H,25,26). The molecule has 0 radical (unpaired) electrons. The number of hydrogen-bond donors (Lipinski definition) is 2. The number of amides is 2. The van der Waals surface area contributed by atoms with Crippen LogP contribution in [0.15, 0.2) is 78.9 Å². The lowest BCUT2D eigenvalue weighted by atomic mass is 10.1. The van der Waals surface area contributed by atoms with Crippen molar-refractivity contribution in [1.82, 2.24) is 0 Å². The minimum atomic E-state index is -0.352. The van der Waals surface area contributed by atoms with Crippen molar-refractivity contribution in [3.63, 3.8) is 0 Å². The SMILES string of the molecule is CCOc1ccc(NC(=O)c2ccccc2NC(=O)COc2ccccc2)cc1. The number of anilines is 2. The first-order valence-electron chi connectivity index (χ1n) is 9.26. The van der Waals surface area contributed by atoms with Crippen LogP contribution in [0.4, 0.5) is 11.4 Å². The summed E-state index contributed by atoms with van der Waals surface area (Å²) in [6.07, 6.45) is 0. The maximum Gasteiger partial charge on any atom is 0.262 e. The highest BCUT2D eigenvalue weighted by Crippen LogP contribution is 2.20. The molecule has 0 aliphatic rings. The topological polar surface area (TPSA) is 76.7 Å². The van der Waals surface area contributed by atoms with Crippen molar-refractivity contribution in [3.05, 3.63) is 84.4 Å². The highest BCUT2D eigenvalue weighted by Gasteiger charge is 2.14. The van der Waals surface area contributed by atoms with Gasteiger partial charge < -0.3 is 20.1 Å². The number of benzene rings is 3. The molecule has 6 heteroatoms. The number of ether oxygens (including phenoxy) is 2. The second-order valence-corrected chi connectivity index (χ2v) is 6.11. The number of carbonyl (C=O) groups excluding carboxylic acids is 2. The van der Waals surface area contributed by atoms with E-state index in [0.29, 0.717) is 29.3 Å². The van der Waals surface area contributed by atoms with Crippen LogP contribution in [0.5, 0.6) is 11.5 Å². The first-order chi connectivity index (χ1) is 14.2. The summed E-state index contributed by atoms with van der Waals surface area (Å²) in [6, 6.07) is 23.0. The molecule has 3 aromatic rings. The Morgan fingerprint density at radius 2 is 1.41 bits per heavy atom. The van der Waals surface area contributed by atoms with E-state index in [9.17, 15) is 9.59 Å². The molecule has 3 aromatic carbocycles. The van der Waals surface area contributed by atoms with Gasteiger partial charge in [-0.15, -0.1) is 0 Å². The number of rotatable bonds is 8. The third-order valence-electron chi connectivity index (χ3n) is 3.98. The fraction of sp³-hybridized carbons (Fsp3) is 0.130. The van der Waals surface area contributed by atoms with Crippen LogP contribution in [0.25, 0.3) is 0 Å². The van der Waals surface area contributed by atoms with Gasteiger partial charge in [0.15, 0.2) is 6.61 Å². The number of hydrogen-bond acceptors (Lipinski definition) is 4. The molecule has 6 nitrogen and oxygen atoms in total. The molecule has 3 rings (SSSR count). The maximum absolute atomic E-state index is 12.7. The molecule has 0 fully saturated rings. The quantitative estimate of drug-likeness (QED) is 0.599. The van der Waals surface area contributed by atoms with Crippen LogP contribution in [0.3, 0.4) is 0 Å². The van der Waals surface area contributed by atoms with Gasteiger partial charge in [-0.3, -0.25) is 9.59 Å². The van der Waals surface area contributed by atoms with Crippen LogP contribution in [-0.4, -0.2) is 25.0 Å². The number of carbonyl (C=O) groups is 2. The average molecular weight is 390 g/mol. The van der Waals surface area contributed by atoms with E-state index in [2.05, 4.69) is 10.6 Å². The van der Waals surface area contributed by atoms with Gasteiger partial charge in [0, 0.05) is 5.69 Å². The van der Waals surface area contributed by atoms with Crippen molar-refractivity contribution in [2.75, 3.05) is 23.8 Å². The molecule has 2 N–H and O–H groups in total. The Hall–Kier alpha value is -3.80. The van der Waals surface area contributed by atoms with E-state index >= 15 is 0 Å². The number of nitrogens with one attached hydrogen (secondary N) is 2. The fourth-order valence-corrected chi connectivity index (χ4v) is 2.64. The van der Waals surface area contributed by atoms with E-state index in [1.54, 1.807) is 60.7 Å². The van der Waals surface area contributed by atoms with Crippen LogP contribution in [0, 0.1) is 0 Å². The van der Waals surface area contributed by atoms with Crippen LogP contribution in [0.1, 0.15) is 17.3 Å². The predicted octanol–water partition coefficient (Wildman–Crippen LogP) is 4.36. The summed E-state index contributed by atoms with van der Waals surface area (Å²) in [7, 11) is 0. The van der Waals surface area contributed by atoms with Crippen molar-refractivity contribution < 1.29 is 19.1 Å². The summed E-state index contributed by atoms with van der Waals surface area (Å²) < 4.78 is 10.8. The largest absolute Gasteiger partial charge is 0.494 e. The van der Waals surface area contributed by atoms with E-state index in [-0.39, 0.29) is 18.4 Å². The van der Waals surface area contributed by atoms with E-state index in [4.69, 9.17) is 9.47 Å². The zero-order valence-corrected chi connectivity index (χ0v) is 16.1. The first-order valence-corrected chi connectivity index (χ1v) is 9.26. The van der Waals surface area contributed by atoms with Gasteiger partial charge in [-0.25, -0.2) is 0 Å². The summed E-state index contributed by atoms with van der Waals surface area (Å²) in [5.41, 5.74) is 1.40. The van der Waals surface area contributed by atoms with Crippen LogP contribution in [-0.2, 0) is 4.79 Å². The molecule has 0 aromatic heterocycles. The van der Waals surface area contributed by atoms with Crippen molar-refractivity contribution in [2.24, 2.45) is 0 Å². The van der Waals surface area contributed by atoms with Crippen molar-refractivity contribution in [3.8, 4) is 11.5 Å². The molecule has 0 heterocycles. The Bertz CT molecular complexity index is 956. The van der Waals surface area contributed by atoms with E-state index in [1.165, 1.54) is 0 Å². The zero-order chi connectivity index (χ0) is 20.5. The maximum atomic E-state index is 12.7. The second kappa shape index (κ2) is 9.94. The molecule has 0 saturated heterocycles. The minimum Gasteiger partial charge on any atom is -0.494 e. The smallest absolute Gasteiger partial charge is 0.262 e. The Morgan fingerprint density at radius 1 is 0.759 bits per heavy atom. The monoisotopic (exact) mass is 390 g/mol. The third-order valence-corrected chi connectivity index (χ3v) is 3.98. The Balaban J connectivity index is 1.63. The molecule has 0 bridgehead atoms. The molecular weight excluding hydrogens is 368 g/mol. The summed E-state index contributed by atoms with van der Waals surface area (Å²) in [5, 5.41) is 5.55. The third kappa shape index (κ3) is 5.84. The minimum absolute atomic E-state index is 0.154. The summed E-state index contributed by atoms with van der Waals surface area (Å²) in [5.74, 6) is 0.657. The van der Waals surface area contributed by atoms with Gasteiger partial charge in [0.2, 0.25) is 0 Å². The normalized spacial score (nSPS) is 10.1. The van der Waals surface area contributed by atoms with Gasteiger partial charge in [0.1, 0.15) is 11.5 Å². The van der Waals surface area contributed by atoms with Gasteiger partial charge in [-0.05, 0) is 55.5 Å². The highest BCUT2D eigenvalue weighted by molar-refractivity contribution is 6.10.